The van der Waals surface area contributed by atoms with Gasteiger partial charge in [0.25, 0.3) is 0 Å². The molecular weight excluding hydrogens is 454 g/mol. The van der Waals surface area contributed by atoms with E-state index in [4.69, 9.17) is 14.2 Å². The molecule has 0 aliphatic rings. The first-order chi connectivity index (χ1) is 17.6. The van der Waals surface area contributed by atoms with E-state index in [0.717, 1.165) is 44.1 Å². The molecule has 182 valence electrons. The summed E-state index contributed by atoms with van der Waals surface area (Å²) in [5.41, 5.74) is 3.47. The summed E-state index contributed by atoms with van der Waals surface area (Å²) in [6.45, 7) is 0.478. The number of carboxylic acid groups (broad SMARTS) is 1. The maximum Gasteiger partial charge on any atom is 0.352 e. The number of H-pyrrole nitrogens is 1. The number of para-hydroxylation sites is 1. The first kappa shape index (κ1) is 23.3. The number of aromatic nitrogens is 1. The van der Waals surface area contributed by atoms with Gasteiger partial charge >= 0.3 is 5.97 Å². The van der Waals surface area contributed by atoms with Gasteiger partial charge in [0.15, 0.2) is 0 Å². The number of methoxy groups -OCH3 is 2. The number of rotatable bonds is 9. The van der Waals surface area contributed by atoms with E-state index in [2.05, 4.69) is 17.1 Å². The van der Waals surface area contributed by atoms with Crippen molar-refractivity contribution in [3.8, 4) is 28.4 Å². The number of ether oxygens (including phenoxy) is 3. The van der Waals surface area contributed by atoms with Gasteiger partial charge in [0.1, 0.15) is 22.9 Å². The third-order valence-electron chi connectivity index (χ3n) is 6.43. The van der Waals surface area contributed by atoms with Crippen molar-refractivity contribution in [2.24, 2.45) is 0 Å². The van der Waals surface area contributed by atoms with E-state index >= 15 is 0 Å². The fourth-order valence-electron chi connectivity index (χ4n) is 4.71. The van der Waals surface area contributed by atoms with Gasteiger partial charge in [0.2, 0.25) is 0 Å². The molecule has 1 heterocycles. The highest BCUT2D eigenvalue weighted by molar-refractivity contribution is 6.03. The monoisotopic (exact) mass is 481 g/mol. The molecule has 36 heavy (non-hydrogen) atoms. The second kappa shape index (κ2) is 10.0. The Morgan fingerprint density at radius 2 is 1.61 bits per heavy atom. The molecule has 0 bridgehead atoms. The molecule has 0 fully saturated rings. The van der Waals surface area contributed by atoms with Crippen molar-refractivity contribution >= 4 is 27.6 Å². The SMILES string of the molecule is COc1ccc(-c2cccc3c(CCCOc4cccc5ccccc45)c(C(=O)O)[nH]c23)c(OC)c1. The topological polar surface area (TPSA) is 80.8 Å². The Balaban J connectivity index is 1.44. The molecule has 5 aromatic rings. The van der Waals surface area contributed by atoms with Crippen LogP contribution in [0.5, 0.6) is 17.2 Å². The number of nitrogens with one attached hydrogen (secondary N) is 1. The number of hydrogen-bond donors (Lipinski definition) is 2. The zero-order valence-electron chi connectivity index (χ0n) is 20.2. The van der Waals surface area contributed by atoms with Crippen molar-refractivity contribution in [3.05, 3.63) is 90.1 Å². The average molecular weight is 482 g/mol. The number of fused-ring (bicyclic) bond motifs is 2. The molecule has 4 aromatic carbocycles. The lowest BCUT2D eigenvalue weighted by atomic mass is 9.99. The fraction of sp³-hybridized carbons (Fsp3) is 0.167. The largest absolute Gasteiger partial charge is 0.497 e. The van der Waals surface area contributed by atoms with Crippen molar-refractivity contribution in [1.29, 1.82) is 0 Å². The number of aryl methyl sites for hydroxylation is 1. The van der Waals surface area contributed by atoms with Crippen LogP contribution in [-0.4, -0.2) is 36.9 Å². The summed E-state index contributed by atoms with van der Waals surface area (Å²) in [5, 5.41) is 13.0. The summed E-state index contributed by atoms with van der Waals surface area (Å²) in [6.07, 6.45) is 1.24. The molecule has 2 N–H and O–H groups in total. The van der Waals surface area contributed by atoms with Gasteiger partial charge in [-0.15, -0.1) is 0 Å². The van der Waals surface area contributed by atoms with Crippen LogP contribution in [0.4, 0.5) is 0 Å². The predicted octanol–water partition coefficient (Wildman–Crippen LogP) is 6.72. The first-order valence-electron chi connectivity index (χ1n) is 11.8. The number of aromatic amines is 1. The van der Waals surface area contributed by atoms with Gasteiger partial charge in [0.05, 0.1) is 26.3 Å². The van der Waals surface area contributed by atoms with E-state index in [-0.39, 0.29) is 5.69 Å². The maximum absolute atomic E-state index is 12.1. The Labute approximate surface area is 209 Å². The Morgan fingerprint density at radius 1 is 0.833 bits per heavy atom. The van der Waals surface area contributed by atoms with Gasteiger partial charge in [-0.25, -0.2) is 4.79 Å². The Hall–Kier alpha value is -4.45. The summed E-state index contributed by atoms with van der Waals surface area (Å²) in [4.78, 5) is 15.3. The molecule has 0 atom stereocenters. The summed E-state index contributed by atoms with van der Waals surface area (Å²) < 4.78 is 17.0. The maximum atomic E-state index is 12.1. The van der Waals surface area contributed by atoms with Crippen LogP contribution in [0, 0.1) is 0 Å². The average Bonchev–Trinajstić information content (AvgIpc) is 3.30. The first-order valence-corrected chi connectivity index (χ1v) is 11.8. The third kappa shape index (κ3) is 4.33. The second-order valence-electron chi connectivity index (χ2n) is 8.51. The normalized spacial score (nSPS) is 11.1. The summed E-state index contributed by atoms with van der Waals surface area (Å²) in [5.74, 6) is 1.19. The number of aromatic carboxylic acids is 1. The van der Waals surface area contributed by atoms with Crippen LogP contribution in [0.1, 0.15) is 22.5 Å². The quantitative estimate of drug-likeness (QED) is 0.229. The van der Waals surface area contributed by atoms with Crippen molar-refractivity contribution in [3.63, 3.8) is 0 Å². The lowest BCUT2D eigenvalue weighted by molar-refractivity contribution is 0.0690. The van der Waals surface area contributed by atoms with Crippen LogP contribution in [0.15, 0.2) is 78.9 Å². The lowest BCUT2D eigenvalue weighted by Gasteiger charge is -2.12. The minimum Gasteiger partial charge on any atom is -0.497 e. The van der Waals surface area contributed by atoms with Crippen LogP contribution < -0.4 is 14.2 Å². The number of benzene rings is 4. The van der Waals surface area contributed by atoms with Crippen molar-refractivity contribution in [2.75, 3.05) is 20.8 Å². The van der Waals surface area contributed by atoms with Crippen LogP contribution in [-0.2, 0) is 6.42 Å². The highest BCUT2D eigenvalue weighted by Gasteiger charge is 2.20. The molecule has 0 saturated heterocycles. The molecule has 0 spiro atoms. The van der Waals surface area contributed by atoms with Gasteiger partial charge in [0, 0.05) is 28.0 Å². The minimum absolute atomic E-state index is 0.204. The Morgan fingerprint density at radius 3 is 2.42 bits per heavy atom. The standard InChI is InChI=1S/C30H27NO5/c1-34-20-15-16-22(27(18-20)35-2)23-11-6-12-24-25(29(30(32)33)31-28(23)24)13-7-17-36-26-14-5-9-19-8-3-4-10-21(19)26/h3-6,8-12,14-16,18,31H,7,13,17H2,1-2H3,(H,32,33). The van der Waals surface area contributed by atoms with Gasteiger partial charge in [-0.1, -0.05) is 54.6 Å². The zero-order valence-corrected chi connectivity index (χ0v) is 20.2. The number of carbonyl (C=O) groups is 1. The minimum atomic E-state index is -0.983. The van der Waals surface area contributed by atoms with E-state index in [1.165, 1.54) is 0 Å². The van der Waals surface area contributed by atoms with Crippen molar-refractivity contribution in [2.45, 2.75) is 12.8 Å². The van der Waals surface area contributed by atoms with Crippen LogP contribution in [0.25, 0.3) is 32.8 Å². The molecule has 1 aromatic heterocycles. The van der Waals surface area contributed by atoms with Gasteiger partial charge in [-0.2, -0.15) is 0 Å². The van der Waals surface area contributed by atoms with Crippen LogP contribution >= 0.6 is 0 Å². The van der Waals surface area contributed by atoms with E-state index in [9.17, 15) is 9.90 Å². The Kier molecular flexibility index (Phi) is 6.50. The summed E-state index contributed by atoms with van der Waals surface area (Å²) in [6, 6.07) is 25.6. The molecule has 5 rings (SSSR count). The highest BCUT2D eigenvalue weighted by atomic mass is 16.5. The van der Waals surface area contributed by atoms with Crippen molar-refractivity contribution < 1.29 is 24.1 Å². The van der Waals surface area contributed by atoms with Gasteiger partial charge < -0.3 is 24.3 Å². The predicted molar refractivity (Wildman–Crippen MR) is 142 cm³/mol. The molecule has 0 aliphatic heterocycles. The van der Waals surface area contributed by atoms with Gasteiger partial charge in [-0.3, -0.25) is 0 Å². The van der Waals surface area contributed by atoms with Crippen LogP contribution in [0.2, 0.25) is 0 Å². The molecule has 0 saturated carbocycles. The van der Waals surface area contributed by atoms with E-state index < -0.39 is 5.97 Å². The van der Waals surface area contributed by atoms with Gasteiger partial charge in [-0.05, 0) is 42.0 Å². The molecular formula is C30H27NO5. The summed E-state index contributed by atoms with van der Waals surface area (Å²) in [7, 11) is 3.21. The summed E-state index contributed by atoms with van der Waals surface area (Å²) >= 11 is 0. The van der Waals surface area contributed by atoms with Crippen molar-refractivity contribution in [1.82, 2.24) is 4.98 Å². The molecule has 6 heteroatoms. The lowest BCUT2D eigenvalue weighted by Crippen LogP contribution is -2.04. The van der Waals surface area contributed by atoms with E-state index in [0.29, 0.717) is 30.9 Å². The molecule has 0 radical (unpaired) electrons. The second-order valence-corrected chi connectivity index (χ2v) is 8.51. The molecule has 6 nitrogen and oxygen atoms in total. The number of carboxylic acids is 1. The van der Waals surface area contributed by atoms with E-state index in [1.807, 2.05) is 66.7 Å². The highest BCUT2D eigenvalue weighted by Crippen LogP contribution is 2.38. The Bertz CT molecular complexity index is 1550. The van der Waals surface area contributed by atoms with Crippen LogP contribution in [0.3, 0.4) is 0 Å². The zero-order chi connectivity index (χ0) is 25.1. The van der Waals surface area contributed by atoms with E-state index in [1.54, 1.807) is 14.2 Å². The smallest absolute Gasteiger partial charge is 0.352 e. The molecule has 0 amide bonds. The molecule has 0 unspecified atom stereocenters. The number of hydrogen-bond acceptors (Lipinski definition) is 4. The molecule has 0 aliphatic carbocycles. The third-order valence-corrected chi connectivity index (χ3v) is 6.43. The fourth-order valence-corrected chi connectivity index (χ4v) is 4.71.